The lowest BCUT2D eigenvalue weighted by molar-refractivity contribution is -0.120. The molecule has 0 aliphatic rings. The summed E-state index contributed by atoms with van der Waals surface area (Å²) in [4.78, 5) is 14.0. The molecule has 0 saturated heterocycles. The molecule has 1 aromatic carbocycles. The topological polar surface area (TPSA) is 58.4 Å². The first-order valence-electron chi connectivity index (χ1n) is 7.46. The van der Waals surface area contributed by atoms with Crippen LogP contribution in [-0.2, 0) is 11.2 Å². The Kier molecular flexibility index (Phi) is 7.26. The standard InChI is InChI=1S/C16H27N3O/c1-4-13-9-7-8-10-14(13)15(16(17)20)18-11-12-19(5-2)6-3/h7-10,15,18H,4-6,11-12H2,1-3H3,(H2,17,20). The number of carbonyl (C=O) groups is 1. The molecule has 4 nitrogen and oxygen atoms in total. The zero-order valence-corrected chi connectivity index (χ0v) is 12.9. The predicted octanol–water partition coefficient (Wildman–Crippen LogP) is 1.71. The molecular formula is C16H27N3O. The zero-order chi connectivity index (χ0) is 15.0. The van der Waals surface area contributed by atoms with E-state index in [1.54, 1.807) is 0 Å². The second-order valence-corrected chi connectivity index (χ2v) is 4.87. The van der Waals surface area contributed by atoms with Gasteiger partial charge in [-0.25, -0.2) is 0 Å². The maximum Gasteiger partial charge on any atom is 0.239 e. The Bertz CT molecular complexity index is 416. The van der Waals surface area contributed by atoms with E-state index < -0.39 is 6.04 Å². The normalized spacial score (nSPS) is 12.6. The molecule has 0 saturated carbocycles. The van der Waals surface area contributed by atoms with E-state index in [4.69, 9.17) is 5.73 Å². The summed E-state index contributed by atoms with van der Waals surface area (Å²) >= 11 is 0. The highest BCUT2D eigenvalue weighted by Gasteiger charge is 2.19. The molecule has 0 bridgehead atoms. The van der Waals surface area contributed by atoms with Crippen LogP contribution in [0.3, 0.4) is 0 Å². The number of rotatable bonds is 9. The molecule has 0 fully saturated rings. The molecule has 1 atom stereocenters. The number of benzene rings is 1. The van der Waals surface area contributed by atoms with Crippen molar-refractivity contribution in [2.45, 2.75) is 33.2 Å². The van der Waals surface area contributed by atoms with Gasteiger partial charge in [-0.05, 0) is 30.6 Å². The van der Waals surface area contributed by atoms with Crippen molar-refractivity contribution in [1.29, 1.82) is 0 Å². The molecule has 0 aliphatic carbocycles. The Hall–Kier alpha value is -1.39. The Morgan fingerprint density at radius 2 is 1.90 bits per heavy atom. The third-order valence-electron chi connectivity index (χ3n) is 3.70. The van der Waals surface area contributed by atoms with Gasteiger partial charge in [-0.15, -0.1) is 0 Å². The van der Waals surface area contributed by atoms with Gasteiger partial charge in [0.1, 0.15) is 6.04 Å². The van der Waals surface area contributed by atoms with Gasteiger partial charge in [0.15, 0.2) is 0 Å². The van der Waals surface area contributed by atoms with E-state index >= 15 is 0 Å². The van der Waals surface area contributed by atoms with Crippen molar-refractivity contribution in [3.8, 4) is 0 Å². The molecule has 0 radical (unpaired) electrons. The number of hydrogen-bond acceptors (Lipinski definition) is 3. The van der Waals surface area contributed by atoms with E-state index in [0.717, 1.165) is 38.2 Å². The molecule has 0 aliphatic heterocycles. The van der Waals surface area contributed by atoms with Crippen LogP contribution in [0.5, 0.6) is 0 Å². The number of nitrogens with two attached hydrogens (primary N) is 1. The zero-order valence-electron chi connectivity index (χ0n) is 12.9. The molecule has 4 heteroatoms. The van der Waals surface area contributed by atoms with Crippen LogP contribution in [0.2, 0.25) is 0 Å². The third kappa shape index (κ3) is 4.62. The largest absolute Gasteiger partial charge is 0.368 e. The van der Waals surface area contributed by atoms with E-state index in [9.17, 15) is 4.79 Å². The number of carbonyl (C=O) groups excluding carboxylic acids is 1. The van der Waals surface area contributed by atoms with Crippen LogP contribution in [0.25, 0.3) is 0 Å². The number of nitrogens with one attached hydrogen (secondary N) is 1. The fourth-order valence-electron chi connectivity index (χ4n) is 2.41. The van der Waals surface area contributed by atoms with E-state index in [1.807, 2.05) is 18.2 Å². The van der Waals surface area contributed by atoms with Gasteiger partial charge in [0.05, 0.1) is 0 Å². The molecule has 3 N–H and O–H groups in total. The fourth-order valence-corrected chi connectivity index (χ4v) is 2.41. The predicted molar refractivity (Wildman–Crippen MR) is 83.5 cm³/mol. The van der Waals surface area contributed by atoms with Gasteiger partial charge in [-0.1, -0.05) is 45.0 Å². The van der Waals surface area contributed by atoms with Gasteiger partial charge in [0, 0.05) is 13.1 Å². The van der Waals surface area contributed by atoms with Crippen molar-refractivity contribution in [3.63, 3.8) is 0 Å². The molecule has 1 aromatic rings. The summed E-state index contributed by atoms with van der Waals surface area (Å²) in [5, 5.41) is 3.29. The first kappa shape index (κ1) is 16.7. The maximum atomic E-state index is 11.7. The number of likely N-dealkylation sites (N-methyl/N-ethyl adjacent to an activating group) is 1. The lowest BCUT2D eigenvalue weighted by Gasteiger charge is -2.22. The highest BCUT2D eigenvalue weighted by atomic mass is 16.1. The molecule has 0 heterocycles. The first-order chi connectivity index (χ1) is 9.63. The van der Waals surface area contributed by atoms with Gasteiger partial charge >= 0.3 is 0 Å². The molecule has 112 valence electrons. The van der Waals surface area contributed by atoms with E-state index in [2.05, 4.69) is 37.1 Å². The second-order valence-electron chi connectivity index (χ2n) is 4.87. The lowest BCUT2D eigenvalue weighted by Crippen LogP contribution is -2.39. The van der Waals surface area contributed by atoms with Crippen LogP contribution in [0.1, 0.15) is 37.9 Å². The second kappa shape index (κ2) is 8.72. The Labute approximate surface area is 122 Å². The average Bonchev–Trinajstić information content (AvgIpc) is 2.47. The summed E-state index contributed by atoms with van der Waals surface area (Å²) in [6.07, 6.45) is 0.900. The average molecular weight is 277 g/mol. The summed E-state index contributed by atoms with van der Waals surface area (Å²) in [5.41, 5.74) is 7.73. The third-order valence-corrected chi connectivity index (χ3v) is 3.70. The monoisotopic (exact) mass is 277 g/mol. The van der Waals surface area contributed by atoms with Gasteiger partial charge in [-0.3, -0.25) is 4.79 Å². The van der Waals surface area contributed by atoms with Gasteiger partial charge in [-0.2, -0.15) is 0 Å². The number of aryl methyl sites for hydroxylation is 1. The molecule has 1 rings (SSSR count). The minimum Gasteiger partial charge on any atom is -0.368 e. The van der Waals surface area contributed by atoms with Gasteiger partial charge in [0.2, 0.25) is 5.91 Å². The van der Waals surface area contributed by atoms with Gasteiger partial charge < -0.3 is 16.0 Å². The van der Waals surface area contributed by atoms with Crippen molar-refractivity contribution in [2.75, 3.05) is 26.2 Å². The molecule has 0 aromatic heterocycles. The number of primary amides is 1. The van der Waals surface area contributed by atoms with Crippen molar-refractivity contribution >= 4 is 5.91 Å². The van der Waals surface area contributed by atoms with Gasteiger partial charge in [0.25, 0.3) is 0 Å². The Morgan fingerprint density at radius 3 is 2.45 bits per heavy atom. The van der Waals surface area contributed by atoms with Crippen molar-refractivity contribution in [2.24, 2.45) is 5.73 Å². The number of nitrogens with zero attached hydrogens (tertiary/aromatic N) is 1. The highest BCUT2D eigenvalue weighted by molar-refractivity contribution is 5.81. The van der Waals surface area contributed by atoms with Crippen LogP contribution in [0.15, 0.2) is 24.3 Å². The van der Waals surface area contributed by atoms with Crippen molar-refractivity contribution in [1.82, 2.24) is 10.2 Å². The summed E-state index contributed by atoms with van der Waals surface area (Å²) in [6.45, 7) is 10.1. The van der Waals surface area contributed by atoms with E-state index in [0.29, 0.717) is 0 Å². The van der Waals surface area contributed by atoms with Crippen LogP contribution < -0.4 is 11.1 Å². The minimum absolute atomic E-state index is 0.314. The summed E-state index contributed by atoms with van der Waals surface area (Å²) in [6, 6.07) is 7.59. The smallest absolute Gasteiger partial charge is 0.239 e. The summed E-state index contributed by atoms with van der Waals surface area (Å²) < 4.78 is 0. The SMILES string of the molecule is CCc1ccccc1C(NCCN(CC)CC)C(N)=O. The Morgan fingerprint density at radius 1 is 1.25 bits per heavy atom. The number of hydrogen-bond donors (Lipinski definition) is 2. The minimum atomic E-state index is -0.401. The Balaban J connectivity index is 2.72. The lowest BCUT2D eigenvalue weighted by atomic mass is 9.98. The van der Waals surface area contributed by atoms with Crippen LogP contribution >= 0.6 is 0 Å². The van der Waals surface area contributed by atoms with E-state index in [1.165, 1.54) is 5.56 Å². The molecule has 20 heavy (non-hydrogen) atoms. The van der Waals surface area contributed by atoms with Crippen molar-refractivity contribution in [3.05, 3.63) is 35.4 Å². The van der Waals surface area contributed by atoms with Crippen LogP contribution in [0.4, 0.5) is 0 Å². The highest BCUT2D eigenvalue weighted by Crippen LogP contribution is 2.18. The fraction of sp³-hybridized carbons (Fsp3) is 0.562. The molecule has 1 amide bonds. The number of amides is 1. The van der Waals surface area contributed by atoms with E-state index in [-0.39, 0.29) is 5.91 Å². The summed E-state index contributed by atoms with van der Waals surface area (Å²) in [7, 11) is 0. The van der Waals surface area contributed by atoms with Crippen molar-refractivity contribution < 1.29 is 4.79 Å². The molecule has 0 spiro atoms. The quantitative estimate of drug-likeness (QED) is 0.722. The maximum absolute atomic E-state index is 11.7. The molecular weight excluding hydrogens is 250 g/mol. The molecule has 1 unspecified atom stereocenters. The first-order valence-corrected chi connectivity index (χ1v) is 7.46. The van der Waals surface area contributed by atoms with Crippen LogP contribution in [0, 0.1) is 0 Å². The summed E-state index contributed by atoms with van der Waals surface area (Å²) in [5.74, 6) is -0.314. The van der Waals surface area contributed by atoms with Crippen LogP contribution in [-0.4, -0.2) is 37.0 Å².